The summed E-state index contributed by atoms with van der Waals surface area (Å²) in [5.41, 5.74) is 2.45. The van der Waals surface area contributed by atoms with Gasteiger partial charge in [-0.25, -0.2) is 4.98 Å². The molecule has 9 heteroatoms. The van der Waals surface area contributed by atoms with E-state index in [2.05, 4.69) is 36.4 Å². The highest BCUT2D eigenvalue weighted by Gasteiger charge is 2.29. The zero-order valence-electron chi connectivity index (χ0n) is 17.2. The first-order chi connectivity index (χ1) is 14.9. The van der Waals surface area contributed by atoms with Crippen LogP contribution in [0.5, 0.6) is 5.88 Å². The van der Waals surface area contributed by atoms with Gasteiger partial charge >= 0.3 is 5.97 Å². The van der Waals surface area contributed by atoms with E-state index in [1.165, 1.54) is 0 Å². The van der Waals surface area contributed by atoms with Gasteiger partial charge in [0.2, 0.25) is 11.7 Å². The Hall–Kier alpha value is -2.94. The fourth-order valence-electron chi connectivity index (χ4n) is 3.60. The zero-order valence-corrected chi connectivity index (χ0v) is 18.8. The number of rotatable bonds is 7. The normalized spacial score (nSPS) is 18.3. The van der Waals surface area contributed by atoms with E-state index >= 15 is 0 Å². The summed E-state index contributed by atoms with van der Waals surface area (Å²) in [5.74, 6) is 0.393. The number of anilines is 1. The quantitative estimate of drug-likeness (QED) is 0.479. The molecular weight excluding hydrogens is 464 g/mol. The Morgan fingerprint density at radius 1 is 1.26 bits per heavy atom. The number of nitrogens with zero attached hydrogens (tertiary/aromatic N) is 3. The Bertz CT molecular complexity index is 1070. The number of carbonyl (C=O) groups is 1. The lowest BCUT2D eigenvalue weighted by atomic mass is 10.1. The highest BCUT2D eigenvalue weighted by molar-refractivity contribution is 9.10. The zero-order chi connectivity index (χ0) is 22.0. The van der Waals surface area contributed by atoms with E-state index < -0.39 is 5.97 Å². The lowest BCUT2D eigenvalue weighted by Crippen LogP contribution is -2.17. The number of aliphatic carboxylic acids is 1. The van der Waals surface area contributed by atoms with Crippen molar-refractivity contribution in [3.05, 3.63) is 41.0 Å². The van der Waals surface area contributed by atoms with Crippen LogP contribution < -0.4 is 10.1 Å². The fourth-order valence-corrected chi connectivity index (χ4v) is 4.04. The molecule has 2 aromatic heterocycles. The molecule has 3 aromatic rings. The number of hydrogen-bond acceptors (Lipinski definition) is 7. The Morgan fingerprint density at radius 3 is 2.68 bits per heavy atom. The smallest absolute Gasteiger partial charge is 0.306 e. The predicted molar refractivity (Wildman–Crippen MR) is 119 cm³/mol. The third-order valence-corrected chi connectivity index (χ3v) is 5.69. The fraction of sp³-hybridized carbons (Fsp3) is 0.364. The van der Waals surface area contributed by atoms with Gasteiger partial charge in [-0.15, -0.1) is 0 Å². The van der Waals surface area contributed by atoms with Crippen molar-refractivity contribution in [2.75, 3.05) is 5.32 Å². The highest BCUT2D eigenvalue weighted by atomic mass is 79.9. The Kier molecular flexibility index (Phi) is 6.22. The summed E-state index contributed by atoms with van der Waals surface area (Å²) in [6, 6.07) is 9.71. The molecule has 8 nitrogen and oxygen atoms in total. The van der Waals surface area contributed by atoms with Crippen LogP contribution in [0.25, 0.3) is 22.8 Å². The van der Waals surface area contributed by atoms with Crippen molar-refractivity contribution in [3.63, 3.8) is 0 Å². The summed E-state index contributed by atoms with van der Waals surface area (Å²) in [6.07, 6.45) is 3.88. The van der Waals surface area contributed by atoms with Crippen LogP contribution >= 0.6 is 15.9 Å². The molecule has 0 saturated heterocycles. The second-order valence-corrected chi connectivity index (χ2v) is 8.72. The first-order valence-electron chi connectivity index (χ1n) is 10.1. The number of carboxylic acid groups (broad SMARTS) is 1. The third-order valence-electron chi connectivity index (χ3n) is 5.12. The van der Waals surface area contributed by atoms with E-state index in [9.17, 15) is 4.79 Å². The second kappa shape index (κ2) is 9.05. The molecule has 2 unspecified atom stereocenters. The molecule has 1 fully saturated rings. The van der Waals surface area contributed by atoms with E-state index in [4.69, 9.17) is 14.4 Å². The van der Waals surface area contributed by atoms with E-state index in [0.29, 0.717) is 40.5 Å². The average Bonchev–Trinajstić information content (AvgIpc) is 3.40. The summed E-state index contributed by atoms with van der Waals surface area (Å²) >= 11 is 3.46. The van der Waals surface area contributed by atoms with Gasteiger partial charge in [-0.3, -0.25) is 4.79 Å². The maximum Gasteiger partial charge on any atom is 0.306 e. The molecule has 0 spiro atoms. The van der Waals surface area contributed by atoms with Crippen molar-refractivity contribution in [1.29, 1.82) is 0 Å². The molecule has 1 saturated carbocycles. The summed E-state index contributed by atoms with van der Waals surface area (Å²) in [5, 5.41) is 16.6. The number of hydrogen-bond donors (Lipinski definition) is 2. The molecule has 4 rings (SSSR count). The molecule has 0 bridgehead atoms. The highest BCUT2D eigenvalue weighted by Crippen LogP contribution is 2.31. The van der Waals surface area contributed by atoms with Gasteiger partial charge in [-0.05, 0) is 79.4 Å². The molecule has 162 valence electrons. The molecule has 0 amide bonds. The van der Waals surface area contributed by atoms with Gasteiger partial charge < -0.3 is 19.7 Å². The maximum atomic E-state index is 11.1. The van der Waals surface area contributed by atoms with Gasteiger partial charge in [0.1, 0.15) is 0 Å². The molecule has 0 aliphatic heterocycles. The Morgan fingerprint density at radius 2 is 2.03 bits per heavy atom. The van der Waals surface area contributed by atoms with Crippen LogP contribution in [-0.4, -0.2) is 38.3 Å². The lowest BCUT2D eigenvalue weighted by molar-refractivity contribution is -0.141. The molecule has 0 radical (unpaired) electrons. The summed E-state index contributed by atoms with van der Waals surface area (Å²) < 4.78 is 11.8. The second-order valence-electron chi connectivity index (χ2n) is 7.87. The van der Waals surface area contributed by atoms with Crippen LogP contribution in [0.3, 0.4) is 0 Å². The number of ether oxygens (including phenoxy) is 1. The molecule has 1 aromatic carbocycles. The van der Waals surface area contributed by atoms with E-state index in [1.807, 2.05) is 44.2 Å². The molecule has 1 aliphatic rings. The average molecular weight is 487 g/mol. The maximum absolute atomic E-state index is 11.1. The Balaban J connectivity index is 1.43. The minimum Gasteiger partial charge on any atom is -0.481 e. The predicted octanol–water partition coefficient (Wildman–Crippen LogP) is 5.01. The van der Waals surface area contributed by atoms with Gasteiger partial charge in [-0.1, -0.05) is 5.16 Å². The van der Waals surface area contributed by atoms with Crippen molar-refractivity contribution in [1.82, 2.24) is 15.1 Å². The van der Waals surface area contributed by atoms with Crippen molar-refractivity contribution in [3.8, 4) is 28.7 Å². The van der Waals surface area contributed by atoms with Crippen LogP contribution in [0.2, 0.25) is 0 Å². The number of nitrogens with one attached hydrogen (secondary N) is 1. The third kappa shape index (κ3) is 5.04. The van der Waals surface area contributed by atoms with E-state index in [-0.39, 0.29) is 18.1 Å². The summed E-state index contributed by atoms with van der Waals surface area (Å²) in [7, 11) is 0. The number of benzene rings is 1. The largest absolute Gasteiger partial charge is 0.481 e. The van der Waals surface area contributed by atoms with Crippen molar-refractivity contribution in [2.24, 2.45) is 5.92 Å². The lowest BCUT2D eigenvalue weighted by Gasteiger charge is -2.14. The van der Waals surface area contributed by atoms with Crippen LogP contribution in [0, 0.1) is 5.92 Å². The standard InChI is InChI=1S/C22H23BrN4O4/c1-12(2)30-21-18(23)10-15(11-24-21)20-26-19(27-31-20)13-3-6-16(7-4-13)25-17-8-5-14(9-17)22(28)29/h3-4,6-7,10-12,14,17,25H,5,8-9H2,1-2H3,(H,28,29). The number of aromatic nitrogens is 3. The molecule has 2 N–H and O–H groups in total. The first-order valence-corrected chi connectivity index (χ1v) is 10.9. The van der Waals surface area contributed by atoms with Gasteiger partial charge in [0.05, 0.1) is 22.1 Å². The topological polar surface area (TPSA) is 110 Å². The van der Waals surface area contributed by atoms with Crippen LogP contribution in [0.1, 0.15) is 33.1 Å². The monoisotopic (exact) mass is 486 g/mol. The van der Waals surface area contributed by atoms with Gasteiger partial charge in [0.15, 0.2) is 0 Å². The SMILES string of the molecule is CC(C)Oc1ncc(-c2nc(-c3ccc(NC4CCC(C(=O)O)C4)cc3)no2)cc1Br. The van der Waals surface area contributed by atoms with E-state index in [0.717, 1.165) is 17.7 Å². The summed E-state index contributed by atoms with van der Waals surface area (Å²) in [6.45, 7) is 3.88. The van der Waals surface area contributed by atoms with Crippen LogP contribution in [0.15, 0.2) is 45.5 Å². The number of halogens is 1. The molecule has 1 aliphatic carbocycles. The van der Waals surface area contributed by atoms with Gasteiger partial charge in [0.25, 0.3) is 5.89 Å². The van der Waals surface area contributed by atoms with Crippen molar-refractivity contribution < 1.29 is 19.2 Å². The molecule has 31 heavy (non-hydrogen) atoms. The van der Waals surface area contributed by atoms with E-state index in [1.54, 1.807) is 6.20 Å². The molecule has 2 atom stereocenters. The van der Waals surface area contributed by atoms with Gasteiger partial charge in [0, 0.05) is 23.5 Å². The first kappa shape index (κ1) is 21.3. The van der Waals surface area contributed by atoms with Crippen molar-refractivity contribution in [2.45, 2.75) is 45.3 Å². The molecule has 2 heterocycles. The van der Waals surface area contributed by atoms with Gasteiger partial charge in [-0.2, -0.15) is 4.98 Å². The Labute approximate surface area is 188 Å². The minimum absolute atomic E-state index is 0.0226. The summed E-state index contributed by atoms with van der Waals surface area (Å²) in [4.78, 5) is 19.9. The molecular formula is C22H23BrN4O4. The van der Waals surface area contributed by atoms with Crippen molar-refractivity contribution >= 4 is 27.6 Å². The van der Waals surface area contributed by atoms with Crippen LogP contribution in [0.4, 0.5) is 5.69 Å². The number of pyridine rings is 1. The number of carboxylic acids is 1. The van der Waals surface area contributed by atoms with Crippen LogP contribution in [-0.2, 0) is 4.79 Å². The minimum atomic E-state index is -0.711.